The first-order valence-corrected chi connectivity index (χ1v) is 4.08. The van der Waals surface area contributed by atoms with E-state index in [4.69, 9.17) is 10.8 Å². The summed E-state index contributed by atoms with van der Waals surface area (Å²) >= 11 is 0. The first-order chi connectivity index (χ1) is 6.45. The summed E-state index contributed by atoms with van der Waals surface area (Å²) in [5, 5.41) is 8.77. The van der Waals surface area contributed by atoms with E-state index < -0.39 is 5.97 Å². The zero-order valence-electron chi connectivity index (χ0n) is 8.00. The van der Waals surface area contributed by atoms with Crippen LogP contribution in [0.1, 0.15) is 33.2 Å². The highest BCUT2D eigenvalue weighted by Crippen LogP contribution is 2.21. The zero-order chi connectivity index (χ0) is 10.9. The Bertz CT molecular complexity index is 410. The fraction of sp³-hybridized carbons (Fsp3) is 0.200. The number of carbonyl (C=O) groups is 2. The number of aryl methyl sites for hydroxylation is 1. The molecule has 3 N–H and O–H groups in total. The van der Waals surface area contributed by atoms with Gasteiger partial charge in [-0.1, -0.05) is 6.07 Å². The highest BCUT2D eigenvalue weighted by Gasteiger charge is 2.15. The van der Waals surface area contributed by atoms with Crippen LogP contribution in [0.4, 0.5) is 5.69 Å². The van der Waals surface area contributed by atoms with E-state index in [0.29, 0.717) is 11.1 Å². The minimum atomic E-state index is -1.12. The maximum absolute atomic E-state index is 11.2. The molecule has 0 aromatic heterocycles. The van der Waals surface area contributed by atoms with Crippen molar-refractivity contribution in [3.8, 4) is 0 Å². The Hall–Kier alpha value is -1.84. The molecule has 0 atom stereocenters. The number of ketones is 1. The Morgan fingerprint density at radius 1 is 1.36 bits per heavy atom. The van der Waals surface area contributed by atoms with Gasteiger partial charge in [0.15, 0.2) is 5.78 Å². The van der Waals surface area contributed by atoms with Crippen LogP contribution < -0.4 is 5.73 Å². The Kier molecular flexibility index (Phi) is 2.56. The number of rotatable bonds is 2. The molecule has 0 fully saturated rings. The summed E-state index contributed by atoms with van der Waals surface area (Å²) in [5.41, 5.74) is 6.59. The molecule has 0 aliphatic carbocycles. The monoisotopic (exact) mass is 193 g/mol. The van der Waals surface area contributed by atoms with Crippen molar-refractivity contribution in [3.05, 3.63) is 28.8 Å². The van der Waals surface area contributed by atoms with Crippen LogP contribution in [-0.4, -0.2) is 16.9 Å². The Labute approximate surface area is 81.3 Å². The summed E-state index contributed by atoms with van der Waals surface area (Å²) < 4.78 is 0. The Morgan fingerprint density at radius 2 is 1.93 bits per heavy atom. The van der Waals surface area contributed by atoms with Gasteiger partial charge >= 0.3 is 5.97 Å². The number of carboxylic acid groups (broad SMARTS) is 1. The first-order valence-electron chi connectivity index (χ1n) is 4.08. The fourth-order valence-corrected chi connectivity index (χ4v) is 1.38. The number of carboxylic acids is 1. The minimum absolute atomic E-state index is 0.0270. The van der Waals surface area contributed by atoms with Gasteiger partial charge in [0.25, 0.3) is 0 Å². The molecule has 1 aromatic carbocycles. The molecule has 0 aliphatic heterocycles. The molecule has 0 saturated carbocycles. The third-order valence-corrected chi connectivity index (χ3v) is 2.04. The highest BCUT2D eigenvalue weighted by molar-refractivity contribution is 6.06. The number of Topliss-reactive ketones (excluding diaryl/α,β-unsaturated/α-hetero) is 1. The van der Waals surface area contributed by atoms with Crippen LogP contribution in [0.25, 0.3) is 0 Å². The summed E-state index contributed by atoms with van der Waals surface area (Å²) in [7, 11) is 0. The summed E-state index contributed by atoms with van der Waals surface area (Å²) in [6.07, 6.45) is 0. The van der Waals surface area contributed by atoms with E-state index in [9.17, 15) is 9.59 Å². The van der Waals surface area contributed by atoms with Crippen LogP contribution in [0.5, 0.6) is 0 Å². The molecule has 0 heterocycles. The van der Waals surface area contributed by atoms with Gasteiger partial charge in [0.1, 0.15) is 0 Å². The molecule has 0 radical (unpaired) electrons. The standard InChI is InChI=1S/C10H11NO3/c1-5-3-4-7(10(13)14)9(11)8(5)6(2)12/h3-4H,11H2,1-2H3,(H,13,14). The molecule has 0 bridgehead atoms. The molecule has 74 valence electrons. The van der Waals surface area contributed by atoms with E-state index in [1.165, 1.54) is 13.0 Å². The molecule has 0 aliphatic rings. The lowest BCUT2D eigenvalue weighted by Gasteiger charge is -2.08. The molecular formula is C10H11NO3. The third kappa shape index (κ3) is 1.59. The van der Waals surface area contributed by atoms with E-state index in [2.05, 4.69) is 0 Å². The van der Waals surface area contributed by atoms with Crippen molar-refractivity contribution in [1.29, 1.82) is 0 Å². The second-order valence-electron chi connectivity index (χ2n) is 3.08. The van der Waals surface area contributed by atoms with Crippen LogP contribution in [0.2, 0.25) is 0 Å². The van der Waals surface area contributed by atoms with E-state index in [0.717, 1.165) is 0 Å². The lowest BCUT2D eigenvalue weighted by Crippen LogP contribution is -2.09. The molecule has 0 spiro atoms. The largest absolute Gasteiger partial charge is 0.478 e. The van der Waals surface area contributed by atoms with Crippen LogP contribution in [-0.2, 0) is 0 Å². The van der Waals surface area contributed by atoms with Gasteiger partial charge in [0, 0.05) is 5.56 Å². The molecule has 0 amide bonds. The first kappa shape index (κ1) is 10.2. The van der Waals surface area contributed by atoms with Crippen molar-refractivity contribution in [1.82, 2.24) is 0 Å². The molecule has 1 rings (SSSR count). The maximum atomic E-state index is 11.2. The minimum Gasteiger partial charge on any atom is -0.478 e. The smallest absolute Gasteiger partial charge is 0.337 e. The number of nitrogen functional groups attached to an aromatic ring is 1. The van der Waals surface area contributed by atoms with E-state index >= 15 is 0 Å². The maximum Gasteiger partial charge on any atom is 0.337 e. The number of anilines is 1. The topological polar surface area (TPSA) is 80.4 Å². The second-order valence-corrected chi connectivity index (χ2v) is 3.08. The van der Waals surface area contributed by atoms with Crippen molar-refractivity contribution >= 4 is 17.4 Å². The van der Waals surface area contributed by atoms with Gasteiger partial charge in [0.2, 0.25) is 0 Å². The fourth-order valence-electron chi connectivity index (χ4n) is 1.38. The van der Waals surface area contributed by atoms with Crippen LogP contribution in [0, 0.1) is 6.92 Å². The van der Waals surface area contributed by atoms with Crippen molar-refractivity contribution < 1.29 is 14.7 Å². The molecule has 4 heteroatoms. The van der Waals surface area contributed by atoms with Crippen LogP contribution in [0.3, 0.4) is 0 Å². The van der Waals surface area contributed by atoms with Gasteiger partial charge < -0.3 is 10.8 Å². The molecule has 0 saturated heterocycles. The van der Waals surface area contributed by atoms with Gasteiger partial charge in [-0.2, -0.15) is 0 Å². The van der Waals surface area contributed by atoms with E-state index in [1.54, 1.807) is 13.0 Å². The highest BCUT2D eigenvalue weighted by atomic mass is 16.4. The Balaban J connectivity index is 3.49. The predicted molar refractivity (Wildman–Crippen MR) is 52.6 cm³/mol. The quantitative estimate of drug-likeness (QED) is 0.550. The van der Waals surface area contributed by atoms with Crippen molar-refractivity contribution in [3.63, 3.8) is 0 Å². The molecule has 14 heavy (non-hydrogen) atoms. The summed E-state index contributed by atoms with van der Waals surface area (Å²) in [6, 6.07) is 2.98. The number of nitrogens with two attached hydrogens (primary N) is 1. The lowest BCUT2D eigenvalue weighted by molar-refractivity contribution is 0.0698. The SMILES string of the molecule is CC(=O)c1c(C)ccc(C(=O)O)c1N. The van der Waals surface area contributed by atoms with Gasteiger partial charge in [-0.25, -0.2) is 4.79 Å². The van der Waals surface area contributed by atoms with Gasteiger partial charge in [-0.05, 0) is 25.5 Å². The van der Waals surface area contributed by atoms with Crippen molar-refractivity contribution in [2.75, 3.05) is 5.73 Å². The average Bonchev–Trinajstić information content (AvgIpc) is 2.02. The molecule has 0 unspecified atom stereocenters. The van der Waals surface area contributed by atoms with Gasteiger partial charge in [-0.3, -0.25) is 4.79 Å². The third-order valence-electron chi connectivity index (χ3n) is 2.04. The van der Waals surface area contributed by atoms with Crippen molar-refractivity contribution in [2.24, 2.45) is 0 Å². The summed E-state index contributed by atoms with van der Waals surface area (Å²) in [4.78, 5) is 21.9. The molecule has 4 nitrogen and oxygen atoms in total. The van der Waals surface area contributed by atoms with Gasteiger partial charge in [-0.15, -0.1) is 0 Å². The number of carbonyl (C=O) groups excluding carboxylic acids is 1. The van der Waals surface area contributed by atoms with E-state index in [1.807, 2.05) is 0 Å². The number of aromatic carboxylic acids is 1. The van der Waals surface area contributed by atoms with Crippen LogP contribution in [0.15, 0.2) is 12.1 Å². The average molecular weight is 193 g/mol. The molecule has 1 aromatic rings. The summed E-state index contributed by atoms with van der Waals surface area (Å²) in [5.74, 6) is -1.34. The lowest BCUT2D eigenvalue weighted by atomic mass is 9.99. The summed E-state index contributed by atoms with van der Waals surface area (Å²) in [6.45, 7) is 3.09. The van der Waals surface area contributed by atoms with Crippen molar-refractivity contribution in [2.45, 2.75) is 13.8 Å². The Morgan fingerprint density at radius 3 is 2.36 bits per heavy atom. The number of benzene rings is 1. The van der Waals surface area contributed by atoms with Gasteiger partial charge in [0.05, 0.1) is 11.3 Å². The number of hydrogen-bond donors (Lipinski definition) is 2. The van der Waals surface area contributed by atoms with Crippen LogP contribution >= 0.6 is 0 Å². The predicted octanol–water partition coefficient (Wildman–Crippen LogP) is 1.48. The molecular weight excluding hydrogens is 182 g/mol. The van der Waals surface area contributed by atoms with E-state index in [-0.39, 0.29) is 17.0 Å². The number of hydrogen-bond acceptors (Lipinski definition) is 3. The second kappa shape index (κ2) is 3.49. The zero-order valence-corrected chi connectivity index (χ0v) is 8.00. The normalized spacial score (nSPS) is 9.86.